The molecule has 0 fully saturated rings. The summed E-state index contributed by atoms with van der Waals surface area (Å²) in [5.74, 6) is 0. The Bertz CT molecular complexity index is 1330. The Kier molecular flexibility index (Phi) is 3.76. The van der Waals surface area contributed by atoms with Crippen molar-refractivity contribution in [3.05, 3.63) is 90.8 Å². The number of rotatable bonds is 2. The van der Waals surface area contributed by atoms with Crippen LogP contribution >= 0.6 is 0 Å². The molecule has 0 unspecified atom stereocenters. The molecule has 1 amide bonds. The van der Waals surface area contributed by atoms with Crippen LogP contribution in [0, 0.1) is 6.92 Å². The molecular weight excluding hydrogens is 346 g/mol. The smallest absolute Gasteiger partial charge is 0.330 e. The van der Waals surface area contributed by atoms with Gasteiger partial charge in [-0.25, -0.2) is 4.79 Å². The molecule has 0 spiro atoms. The number of carbonyl (C=O) groups excluding carboxylic acids is 1. The van der Waals surface area contributed by atoms with E-state index in [1.807, 2.05) is 49.6 Å². The molecule has 0 aliphatic carbocycles. The van der Waals surface area contributed by atoms with Crippen molar-refractivity contribution in [3.8, 4) is 11.1 Å². The highest BCUT2D eigenvalue weighted by Gasteiger charge is 2.11. The maximum Gasteiger partial charge on any atom is 0.330 e. The number of nitrogens with zero attached hydrogens (tertiary/aromatic N) is 1. The van der Waals surface area contributed by atoms with E-state index in [1.165, 1.54) is 5.39 Å². The van der Waals surface area contributed by atoms with E-state index in [0.717, 1.165) is 38.8 Å². The SMILES string of the molecule is Cc1cccc(NC(=O)n2ccc3ccc(-c4ccc5cc[nH]c5c4)cc32)c1. The Morgan fingerprint density at radius 1 is 0.893 bits per heavy atom. The van der Waals surface area contributed by atoms with Crippen LogP contribution in [0.25, 0.3) is 32.9 Å². The Morgan fingerprint density at radius 3 is 2.57 bits per heavy atom. The fourth-order valence-electron chi connectivity index (χ4n) is 3.62. The number of anilines is 1. The fraction of sp³-hybridized carbons (Fsp3) is 0.0417. The Morgan fingerprint density at radius 2 is 1.71 bits per heavy atom. The molecule has 136 valence electrons. The second kappa shape index (κ2) is 6.43. The Hall–Kier alpha value is -3.79. The summed E-state index contributed by atoms with van der Waals surface area (Å²) in [6.07, 6.45) is 3.76. The molecular formula is C24H19N3O. The van der Waals surface area contributed by atoms with Gasteiger partial charge in [-0.2, -0.15) is 0 Å². The van der Waals surface area contributed by atoms with Crippen LogP contribution in [0.15, 0.2) is 85.2 Å². The van der Waals surface area contributed by atoms with Crippen molar-refractivity contribution >= 4 is 33.5 Å². The average Bonchev–Trinajstić information content (AvgIpc) is 3.33. The van der Waals surface area contributed by atoms with Gasteiger partial charge in [0.1, 0.15) is 0 Å². The van der Waals surface area contributed by atoms with Gasteiger partial charge in [0.15, 0.2) is 0 Å². The van der Waals surface area contributed by atoms with Crippen molar-refractivity contribution in [1.82, 2.24) is 9.55 Å². The van der Waals surface area contributed by atoms with Crippen LogP contribution in [0.5, 0.6) is 0 Å². The summed E-state index contributed by atoms with van der Waals surface area (Å²) >= 11 is 0. The molecule has 28 heavy (non-hydrogen) atoms. The van der Waals surface area contributed by atoms with Gasteiger partial charge in [-0.3, -0.25) is 4.57 Å². The van der Waals surface area contributed by atoms with E-state index in [4.69, 9.17) is 0 Å². The largest absolute Gasteiger partial charge is 0.361 e. The first kappa shape index (κ1) is 16.4. The number of benzene rings is 3. The first-order chi connectivity index (χ1) is 13.7. The molecule has 5 aromatic rings. The molecule has 0 saturated carbocycles. The highest BCUT2D eigenvalue weighted by atomic mass is 16.2. The molecule has 0 aliphatic heterocycles. The second-order valence-electron chi connectivity index (χ2n) is 7.04. The Balaban J connectivity index is 1.53. The van der Waals surface area contributed by atoms with Crippen LogP contribution in [0.4, 0.5) is 10.5 Å². The lowest BCUT2D eigenvalue weighted by atomic mass is 10.0. The summed E-state index contributed by atoms with van der Waals surface area (Å²) in [6, 6.07) is 24.2. The van der Waals surface area contributed by atoms with E-state index >= 15 is 0 Å². The normalized spacial score (nSPS) is 11.2. The number of aryl methyl sites for hydroxylation is 1. The third-order valence-corrected chi connectivity index (χ3v) is 5.07. The minimum atomic E-state index is -0.169. The molecule has 0 saturated heterocycles. The number of hydrogen-bond donors (Lipinski definition) is 2. The number of H-pyrrole nitrogens is 1. The van der Waals surface area contributed by atoms with Crippen molar-refractivity contribution in [2.24, 2.45) is 0 Å². The zero-order chi connectivity index (χ0) is 19.1. The highest BCUT2D eigenvalue weighted by molar-refractivity contribution is 6.00. The van der Waals surface area contributed by atoms with Gasteiger partial charge in [0, 0.05) is 29.0 Å². The summed E-state index contributed by atoms with van der Waals surface area (Å²) in [7, 11) is 0. The van der Waals surface area contributed by atoms with Gasteiger partial charge in [-0.1, -0.05) is 36.4 Å². The van der Waals surface area contributed by atoms with Crippen molar-refractivity contribution in [1.29, 1.82) is 0 Å². The van der Waals surface area contributed by atoms with E-state index in [0.29, 0.717) is 0 Å². The first-order valence-electron chi connectivity index (χ1n) is 9.24. The Labute approximate surface area is 162 Å². The van der Waals surface area contributed by atoms with E-state index < -0.39 is 0 Å². The van der Waals surface area contributed by atoms with Gasteiger partial charge < -0.3 is 10.3 Å². The van der Waals surface area contributed by atoms with Gasteiger partial charge in [0.2, 0.25) is 0 Å². The molecule has 0 bridgehead atoms. The van der Waals surface area contributed by atoms with E-state index in [-0.39, 0.29) is 6.03 Å². The molecule has 3 aromatic carbocycles. The lowest BCUT2D eigenvalue weighted by Crippen LogP contribution is -2.18. The highest BCUT2D eigenvalue weighted by Crippen LogP contribution is 2.28. The molecule has 0 radical (unpaired) electrons. The third kappa shape index (κ3) is 2.85. The van der Waals surface area contributed by atoms with Gasteiger partial charge in [0.05, 0.1) is 5.52 Å². The minimum Gasteiger partial charge on any atom is -0.361 e. The van der Waals surface area contributed by atoms with Crippen molar-refractivity contribution in [2.75, 3.05) is 5.32 Å². The average molecular weight is 365 g/mol. The van der Waals surface area contributed by atoms with Crippen LogP contribution in [-0.2, 0) is 0 Å². The number of hydrogen-bond acceptors (Lipinski definition) is 1. The number of carbonyl (C=O) groups is 1. The summed E-state index contributed by atoms with van der Waals surface area (Å²) < 4.78 is 1.66. The topological polar surface area (TPSA) is 49.8 Å². The second-order valence-corrected chi connectivity index (χ2v) is 7.04. The number of aromatic amines is 1. The van der Waals surface area contributed by atoms with Gasteiger partial charge in [-0.05, 0) is 65.4 Å². The fourth-order valence-corrected chi connectivity index (χ4v) is 3.62. The van der Waals surface area contributed by atoms with Gasteiger partial charge in [0.25, 0.3) is 0 Å². The predicted octanol–water partition coefficient (Wildman–Crippen LogP) is 6.18. The molecule has 2 N–H and O–H groups in total. The standard InChI is InChI=1S/C24H19N3O/c1-16-3-2-4-21(13-16)26-24(28)27-12-10-18-6-8-20(15-23(18)27)19-7-5-17-9-11-25-22(17)14-19/h2-15,25H,1H3,(H,26,28). The number of nitrogens with one attached hydrogen (secondary N) is 2. The zero-order valence-corrected chi connectivity index (χ0v) is 15.4. The molecule has 0 aliphatic rings. The van der Waals surface area contributed by atoms with Crippen molar-refractivity contribution < 1.29 is 4.79 Å². The van der Waals surface area contributed by atoms with Crippen molar-refractivity contribution in [3.63, 3.8) is 0 Å². The third-order valence-electron chi connectivity index (χ3n) is 5.07. The van der Waals surface area contributed by atoms with Crippen molar-refractivity contribution in [2.45, 2.75) is 6.92 Å². The van der Waals surface area contributed by atoms with Gasteiger partial charge >= 0.3 is 6.03 Å². The monoisotopic (exact) mass is 365 g/mol. The predicted molar refractivity (Wildman–Crippen MR) is 115 cm³/mol. The molecule has 2 heterocycles. The van der Waals surface area contributed by atoms with Crippen LogP contribution in [0.2, 0.25) is 0 Å². The van der Waals surface area contributed by atoms with E-state index in [1.54, 1.807) is 4.57 Å². The molecule has 4 heteroatoms. The summed E-state index contributed by atoms with van der Waals surface area (Å²) in [5, 5.41) is 5.19. The lowest BCUT2D eigenvalue weighted by molar-refractivity contribution is 0.254. The van der Waals surface area contributed by atoms with Crippen LogP contribution in [-0.4, -0.2) is 15.6 Å². The maximum absolute atomic E-state index is 12.8. The maximum atomic E-state index is 12.8. The molecule has 0 atom stereocenters. The molecule has 5 rings (SSSR count). The van der Waals surface area contributed by atoms with E-state index in [9.17, 15) is 4.79 Å². The van der Waals surface area contributed by atoms with Gasteiger partial charge in [-0.15, -0.1) is 0 Å². The van der Waals surface area contributed by atoms with Crippen LogP contribution in [0.3, 0.4) is 0 Å². The van der Waals surface area contributed by atoms with Crippen LogP contribution in [0.1, 0.15) is 5.56 Å². The molecule has 2 aromatic heterocycles. The summed E-state index contributed by atoms with van der Waals surface area (Å²) in [5.41, 5.74) is 6.08. The number of amides is 1. The lowest BCUT2D eigenvalue weighted by Gasteiger charge is -2.09. The quantitative estimate of drug-likeness (QED) is 0.386. The zero-order valence-electron chi connectivity index (χ0n) is 15.4. The minimum absolute atomic E-state index is 0.169. The number of fused-ring (bicyclic) bond motifs is 2. The first-order valence-corrected chi connectivity index (χ1v) is 9.24. The molecule has 4 nitrogen and oxygen atoms in total. The van der Waals surface area contributed by atoms with E-state index in [2.05, 4.69) is 52.8 Å². The summed E-state index contributed by atoms with van der Waals surface area (Å²) in [6.45, 7) is 2.01. The summed E-state index contributed by atoms with van der Waals surface area (Å²) in [4.78, 5) is 16.1. The number of aromatic nitrogens is 2. The van der Waals surface area contributed by atoms with Crippen LogP contribution < -0.4 is 5.32 Å².